The van der Waals surface area contributed by atoms with Gasteiger partial charge in [0.25, 0.3) is 0 Å². The molecule has 0 aliphatic heterocycles. The minimum Gasteiger partial charge on any atom is -0.293 e. The Morgan fingerprint density at radius 2 is 0.917 bits per heavy atom. The van der Waals surface area contributed by atoms with Gasteiger partial charge in [-0.05, 0) is 132 Å². The van der Waals surface area contributed by atoms with Crippen molar-refractivity contribution in [3.63, 3.8) is 0 Å². The topological polar surface area (TPSA) is 108 Å². The fourth-order valence-corrected chi connectivity index (χ4v) is 3.58. The van der Waals surface area contributed by atoms with E-state index < -0.39 is 11.9 Å². The number of benzene rings is 2. The van der Waals surface area contributed by atoms with Gasteiger partial charge in [-0.15, -0.1) is 0 Å². The van der Waals surface area contributed by atoms with Crippen LogP contribution in [0.5, 0.6) is 0 Å². The van der Waals surface area contributed by atoms with Gasteiger partial charge in [0.15, 0.2) is 0 Å². The van der Waals surface area contributed by atoms with Gasteiger partial charge in [-0.1, -0.05) is 50.2 Å². The van der Waals surface area contributed by atoms with Crippen molar-refractivity contribution in [1.29, 1.82) is 0 Å². The van der Waals surface area contributed by atoms with E-state index in [0.29, 0.717) is 24.0 Å². The molecule has 0 saturated heterocycles. The van der Waals surface area contributed by atoms with Gasteiger partial charge >= 0.3 is 11.9 Å². The molecule has 10 nitrogen and oxygen atoms in total. The van der Waals surface area contributed by atoms with Gasteiger partial charge < -0.3 is 0 Å². The average molecular weight is 677 g/mol. The van der Waals surface area contributed by atoms with Crippen LogP contribution in [0.3, 0.4) is 0 Å². The molecule has 0 bridgehead atoms. The molecule has 2 atom stereocenters. The maximum absolute atomic E-state index is 12.0. The lowest BCUT2D eigenvalue weighted by Gasteiger charge is -2.33. The maximum Gasteiger partial charge on any atom is 0.373 e. The molecule has 2 aromatic carbocycles. The van der Waals surface area contributed by atoms with E-state index >= 15 is 0 Å². The summed E-state index contributed by atoms with van der Waals surface area (Å²) in [6, 6.07) is 17.3. The second kappa shape index (κ2) is 20.0. The summed E-state index contributed by atoms with van der Waals surface area (Å²) in [6.07, 6.45) is 2.12. The first-order valence-electron chi connectivity index (χ1n) is 16.7. The molecule has 0 amide bonds. The van der Waals surface area contributed by atoms with Crippen LogP contribution in [0.2, 0.25) is 0 Å². The van der Waals surface area contributed by atoms with E-state index in [1.807, 2.05) is 95.2 Å². The van der Waals surface area contributed by atoms with Gasteiger partial charge in [0.2, 0.25) is 0 Å². The average Bonchev–Trinajstić information content (AvgIpc) is 3.01. The first kappa shape index (κ1) is 43.2. The lowest BCUT2D eigenvalue weighted by molar-refractivity contribution is -0.410. The number of carbonyl (C=O) groups excluding carboxylic acids is 2. The SMILES string of the molecule is CC(C)(C)OOC(C)(C)CCC(C)(C)OOC(C)(C)C.CC(CCC(OOC(=O)c1ccccc1)C(C)C)OOC(=O)c1ccccc1. The highest BCUT2D eigenvalue weighted by molar-refractivity contribution is 5.89. The van der Waals surface area contributed by atoms with E-state index in [9.17, 15) is 9.59 Å². The molecule has 2 unspecified atom stereocenters. The molecule has 0 spiro atoms. The molecule has 0 aliphatic rings. The third-order valence-electron chi connectivity index (χ3n) is 6.52. The van der Waals surface area contributed by atoms with Crippen LogP contribution in [0.4, 0.5) is 0 Å². The highest BCUT2D eigenvalue weighted by Gasteiger charge is 2.30. The lowest BCUT2D eigenvalue weighted by Crippen LogP contribution is -2.35. The molecule has 2 aromatic rings. The quantitative estimate of drug-likeness (QED) is 0.119. The second-order valence-electron chi connectivity index (χ2n) is 15.4. The molecule has 2 rings (SSSR count). The monoisotopic (exact) mass is 676 g/mol. The molecule has 10 heteroatoms. The van der Waals surface area contributed by atoms with Crippen LogP contribution in [0.15, 0.2) is 60.7 Å². The van der Waals surface area contributed by atoms with Gasteiger partial charge in [-0.25, -0.2) is 29.1 Å². The third kappa shape index (κ3) is 20.5. The van der Waals surface area contributed by atoms with Crippen molar-refractivity contribution in [3.05, 3.63) is 71.8 Å². The molecule has 0 aromatic heterocycles. The van der Waals surface area contributed by atoms with E-state index in [2.05, 4.69) is 0 Å². The summed E-state index contributed by atoms with van der Waals surface area (Å²) < 4.78 is 0. The fourth-order valence-electron chi connectivity index (χ4n) is 3.58. The van der Waals surface area contributed by atoms with Crippen molar-refractivity contribution >= 4 is 11.9 Å². The predicted molar refractivity (Wildman–Crippen MR) is 184 cm³/mol. The van der Waals surface area contributed by atoms with Crippen molar-refractivity contribution in [2.24, 2.45) is 5.92 Å². The first-order chi connectivity index (χ1) is 22.1. The first-order valence-corrected chi connectivity index (χ1v) is 16.7. The smallest absolute Gasteiger partial charge is 0.293 e. The Morgan fingerprint density at radius 1 is 0.542 bits per heavy atom. The van der Waals surface area contributed by atoms with E-state index in [1.54, 1.807) is 55.5 Å². The summed E-state index contributed by atoms with van der Waals surface area (Å²) in [5.74, 6) is -0.948. The zero-order chi connectivity index (χ0) is 36.6. The highest BCUT2D eigenvalue weighted by atomic mass is 17.2. The van der Waals surface area contributed by atoms with Crippen LogP contribution in [-0.4, -0.2) is 46.6 Å². The Bertz CT molecular complexity index is 1150. The Hall–Kier alpha value is -2.86. The molecular formula is C38H60O10. The van der Waals surface area contributed by atoms with Crippen LogP contribution in [-0.2, 0) is 39.1 Å². The van der Waals surface area contributed by atoms with Crippen molar-refractivity contribution in [3.8, 4) is 0 Å². The molecule has 48 heavy (non-hydrogen) atoms. The van der Waals surface area contributed by atoms with E-state index in [-0.39, 0.29) is 40.5 Å². The van der Waals surface area contributed by atoms with Crippen LogP contribution < -0.4 is 0 Å². The fraction of sp³-hybridized carbons (Fsp3) is 0.632. The zero-order valence-electron chi connectivity index (χ0n) is 31.4. The van der Waals surface area contributed by atoms with Gasteiger partial charge in [0, 0.05) is 0 Å². The summed E-state index contributed by atoms with van der Waals surface area (Å²) in [7, 11) is 0. The second-order valence-corrected chi connectivity index (χ2v) is 15.4. The zero-order valence-corrected chi connectivity index (χ0v) is 31.4. The van der Waals surface area contributed by atoms with Gasteiger partial charge in [0.1, 0.15) is 12.2 Å². The van der Waals surface area contributed by atoms with Crippen LogP contribution >= 0.6 is 0 Å². The Labute approximate surface area is 288 Å². The summed E-state index contributed by atoms with van der Waals surface area (Å²) in [5.41, 5.74) is -0.497. The summed E-state index contributed by atoms with van der Waals surface area (Å²) in [6.45, 7) is 25.6. The standard InChI is InChI=1S/C22H26O6.C16H34O4/c1-16(2)20(26-28-22(24)19-12-8-5-9-13-19)15-14-17(3)25-27-21(23)18-10-6-4-7-11-18;1-13(2,3)17-19-15(7,8)11-12-16(9,10)20-18-14(4,5)6/h4-13,16-17,20H,14-15H2,1-3H3;11-12H2,1-10H3. The largest absolute Gasteiger partial charge is 0.373 e. The van der Waals surface area contributed by atoms with Gasteiger partial charge in [-0.2, -0.15) is 9.78 Å². The molecule has 0 radical (unpaired) electrons. The van der Waals surface area contributed by atoms with Crippen LogP contribution in [0.25, 0.3) is 0 Å². The van der Waals surface area contributed by atoms with Crippen molar-refractivity contribution < 1.29 is 48.7 Å². The molecule has 0 aliphatic carbocycles. The number of hydrogen-bond acceptors (Lipinski definition) is 10. The molecule has 0 fully saturated rings. The normalized spacial score (nSPS) is 13.7. The van der Waals surface area contributed by atoms with Crippen molar-refractivity contribution in [1.82, 2.24) is 0 Å². The Kier molecular flexibility index (Phi) is 18.0. The summed E-state index contributed by atoms with van der Waals surface area (Å²) in [5, 5.41) is 0. The Balaban J connectivity index is 0.000000511. The minimum atomic E-state index is -0.541. The third-order valence-corrected chi connectivity index (χ3v) is 6.52. The van der Waals surface area contributed by atoms with Crippen LogP contribution in [0.1, 0.15) is 136 Å². The number of hydrogen-bond donors (Lipinski definition) is 0. The van der Waals surface area contributed by atoms with Gasteiger partial charge in [-0.3, -0.25) is 9.78 Å². The molecule has 0 saturated carbocycles. The van der Waals surface area contributed by atoms with Crippen LogP contribution in [0, 0.1) is 5.92 Å². The number of rotatable bonds is 17. The highest BCUT2D eigenvalue weighted by Crippen LogP contribution is 2.28. The van der Waals surface area contributed by atoms with Crippen molar-refractivity contribution in [2.45, 2.75) is 150 Å². The van der Waals surface area contributed by atoms with Crippen molar-refractivity contribution in [2.75, 3.05) is 0 Å². The van der Waals surface area contributed by atoms with Gasteiger partial charge in [0.05, 0.1) is 33.5 Å². The van der Waals surface area contributed by atoms with E-state index in [1.165, 1.54) is 0 Å². The molecule has 0 heterocycles. The van der Waals surface area contributed by atoms with E-state index in [0.717, 1.165) is 12.8 Å². The molecule has 0 N–H and O–H groups in total. The number of carbonyl (C=O) groups is 2. The minimum absolute atomic E-state index is 0.127. The predicted octanol–water partition coefficient (Wildman–Crippen LogP) is 9.57. The molecule has 272 valence electrons. The summed E-state index contributed by atoms with van der Waals surface area (Å²) in [4.78, 5) is 66.1. The summed E-state index contributed by atoms with van der Waals surface area (Å²) >= 11 is 0. The van der Waals surface area contributed by atoms with E-state index in [4.69, 9.17) is 39.1 Å². The Morgan fingerprint density at radius 3 is 1.27 bits per heavy atom. The molecular weight excluding hydrogens is 616 g/mol. The maximum atomic E-state index is 12.0. The lowest BCUT2D eigenvalue weighted by atomic mass is 9.94.